The molecule has 0 fully saturated rings. The summed E-state index contributed by atoms with van der Waals surface area (Å²) in [4.78, 5) is 35.0. The van der Waals surface area contributed by atoms with Crippen molar-refractivity contribution >= 4 is 17.8 Å². The van der Waals surface area contributed by atoms with E-state index in [0.29, 0.717) is 11.6 Å². The van der Waals surface area contributed by atoms with E-state index in [4.69, 9.17) is 9.84 Å². The molecule has 136 valence electrons. The molecule has 1 unspecified atom stereocenters. The quantitative estimate of drug-likeness (QED) is 0.738. The summed E-state index contributed by atoms with van der Waals surface area (Å²) in [6, 6.07) is 9.61. The Bertz CT molecular complexity index is 810. The van der Waals surface area contributed by atoms with E-state index in [2.05, 4.69) is 5.32 Å². The summed E-state index contributed by atoms with van der Waals surface area (Å²) in [6.07, 6.45) is -1.65. The van der Waals surface area contributed by atoms with E-state index in [1.165, 1.54) is 0 Å². The topological polar surface area (TPSA) is 92.7 Å². The van der Waals surface area contributed by atoms with Crippen molar-refractivity contribution in [1.29, 1.82) is 0 Å². The van der Waals surface area contributed by atoms with Crippen LogP contribution in [-0.2, 0) is 16.1 Å². The lowest BCUT2D eigenvalue weighted by Gasteiger charge is -2.14. The van der Waals surface area contributed by atoms with Crippen molar-refractivity contribution in [2.24, 2.45) is 0 Å². The molecule has 1 amide bonds. The van der Waals surface area contributed by atoms with Gasteiger partial charge < -0.3 is 15.2 Å². The zero-order valence-electron chi connectivity index (χ0n) is 13.4. The number of carbonyl (C=O) groups is 3. The van der Waals surface area contributed by atoms with Crippen molar-refractivity contribution in [1.82, 2.24) is 5.32 Å². The predicted molar refractivity (Wildman–Crippen MR) is 86.5 cm³/mol. The summed E-state index contributed by atoms with van der Waals surface area (Å²) in [6.45, 7) is -0.0733. The number of aliphatic carboxylic acids is 1. The minimum atomic E-state index is -1.57. The van der Waals surface area contributed by atoms with Crippen LogP contribution < -0.4 is 5.32 Å². The van der Waals surface area contributed by atoms with E-state index < -0.39 is 41.9 Å². The van der Waals surface area contributed by atoms with Gasteiger partial charge in [0.15, 0.2) is 17.4 Å². The van der Waals surface area contributed by atoms with E-state index in [-0.39, 0.29) is 12.2 Å². The summed E-state index contributed by atoms with van der Waals surface area (Å²) >= 11 is 0. The highest BCUT2D eigenvalue weighted by atomic mass is 19.2. The minimum absolute atomic E-state index is 0.0733. The maximum atomic E-state index is 13.2. The molecule has 0 aromatic heterocycles. The number of ketones is 1. The maximum Gasteiger partial charge on any atom is 0.408 e. The predicted octanol–water partition coefficient (Wildman–Crippen LogP) is 2.92. The number of carbonyl (C=O) groups excluding carboxylic acids is 2. The van der Waals surface area contributed by atoms with Crippen LogP contribution >= 0.6 is 0 Å². The zero-order chi connectivity index (χ0) is 19.1. The van der Waals surface area contributed by atoms with Crippen LogP contribution in [0, 0.1) is 11.6 Å². The number of rotatable bonds is 7. The summed E-state index contributed by atoms with van der Waals surface area (Å²) in [5, 5.41) is 11.2. The smallest absolute Gasteiger partial charge is 0.408 e. The minimum Gasteiger partial charge on any atom is -0.480 e. The fourth-order valence-electron chi connectivity index (χ4n) is 2.08. The number of alkyl carbamates (subject to hydrolysis) is 1. The molecular formula is C18H15F2NO5. The highest BCUT2D eigenvalue weighted by Crippen LogP contribution is 2.12. The Kier molecular flexibility index (Phi) is 6.37. The van der Waals surface area contributed by atoms with Gasteiger partial charge in [-0.1, -0.05) is 30.3 Å². The third kappa shape index (κ3) is 5.37. The van der Waals surface area contributed by atoms with Gasteiger partial charge in [0.25, 0.3) is 0 Å². The van der Waals surface area contributed by atoms with Gasteiger partial charge >= 0.3 is 12.1 Å². The van der Waals surface area contributed by atoms with Gasteiger partial charge in [-0.05, 0) is 23.8 Å². The van der Waals surface area contributed by atoms with E-state index in [1.807, 2.05) is 0 Å². The number of amides is 1. The van der Waals surface area contributed by atoms with Crippen molar-refractivity contribution in [3.05, 3.63) is 71.3 Å². The molecule has 0 aliphatic heterocycles. The standard InChI is InChI=1S/C18H15F2NO5/c19-13-7-6-12(8-14(13)20)16(22)9-15(17(23)24)21-18(25)26-10-11-4-2-1-3-5-11/h1-8,15H,9-10H2,(H,21,25)(H,23,24). The van der Waals surface area contributed by atoms with Crippen LogP contribution in [0.4, 0.5) is 13.6 Å². The lowest BCUT2D eigenvalue weighted by molar-refractivity contribution is -0.139. The first kappa shape index (κ1) is 19.0. The first-order chi connectivity index (χ1) is 12.4. The van der Waals surface area contributed by atoms with Gasteiger partial charge in [0, 0.05) is 12.0 Å². The summed E-state index contributed by atoms with van der Waals surface area (Å²) in [5.74, 6) is -4.57. The summed E-state index contributed by atoms with van der Waals surface area (Å²) < 4.78 is 31.0. The normalized spacial score (nSPS) is 11.5. The Labute approximate surface area is 147 Å². The Balaban J connectivity index is 1.95. The number of nitrogens with one attached hydrogen (secondary N) is 1. The monoisotopic (exact) mass is 363 g/mol. The maximum absolute atomic E-state index is 13.2. The van der Waals surface area contributed by atoms with Gasteiger partial charge in [0.2, 0.25) is 0 Å². The van der Waals surface area contributed by atoms with Crippen molar-refractivity contribution in [2.45, 2.75) is 19.1 Å². The van der Waals surface area contributed by atoms with Gasteiger partial charge in [-0.3, -0.25) is 4.79 Å². The molecule has 0 saturated carbocycles. The van der Waals surface area contributed by atoms with Crippen molar-refractivity contribution in [3.8, 4) is 0 Å². The van der Waals surface area contributed by atoms with Gasteiger partial charge in [-0.25, -0.2) is 18.4 Å². The largest absolute Gasteiger partial charge is 0.480 e. The van der Waals surface area contributed by atoms with Gasteiger partial charge in [-0.2, -0.15) is 0 Å². The second-order valence-electron chi connectivity index (χ2n) is 5.35. The lowest BCUT2D eigenvalue weighted by atomic mass is 10.0. The van der Waals surface area contributed by atoms with Crippen molar-refractivity contribution in [2.75, 3.05) is 0 Å². The Morgan fingerprint density at radius 2 is 1.73 bits per heavy atom. The first-order valence-corrected chi connectivity index (χ1v) is 7.55. The van der Waals surface area contributed by atoms with Crippen LogP contribution in [0.1, 0.15) is 22.3 Å². The molecule has 0 bridgehead atoms. The van der Waals surface area contributed by atoms with Crippen LogP contribution in [0.15, 0.2) is 48.5 Å². The van der Waals surface area contributed by atoms with Crippen LogP contribution in [0.3, 0.4) is 0 Å². The highest BCUT2D eigenvalue weighted by Gasteiger charge is 2.25. The second kappa shape index (κ2) is 8.70. The molecule has 0 aliphatic carbocycles. The molecule has 2 aromatic rings. The average Bonchev–Trinajstić information content (AvgIpc) is 2.62. The van der Waals surface area contributed by atoms with E-state index in [1.54, 1.807) is 30.3 Å². The fraction of sp³-hybridized carbons (Fsp3) is 0.167. The number of hydrogen-bond donors (Lipinski definition) is 2. The number of carboxylic acids is 1. The molecule has 2 rings (SSSR count). The average molecular weight is 363 g/mol. The number of ether oxygens (including phenoxy) is 1. The Morgan fingerprint density at radius 1 is 1.04 bits per heavy atom. The van der Waals surface area contributed by atoms with E-state index >= 15 is 0 Å². The molecule has 1 atom stereocenters. The molecule has 0 radical (unpaired) electrons. The summed E-state index contributed by atoms with van der Waals surface area (Å²) in [5.41, 5.74) is 0.502. The number of Topliss-reactive ketones (excluding diaryl/α,β-unsaturated/α-hetero) is 1. The van der Waals surface area contributed by atoms with Crippen LogP contribution in [-0.4, -0.2) is 29.0 Å². The molecule has 2 aromatic carbocycles. The molecule has 26 heavy (non-hydrogen) atoms. The molecule has 0 heterocycles. The number of hydrogen-bond acceptors (Lipinski definition) is 4. The van der Waals surface area contributed by atoms with Gasteiger partial charge in [0.1, 0.15) is 12.6 Å². The fourth-order valence-corrected chi connectivity index (χ4v) is 2.08. The molecular weight excluding hydrogens is 348 g/mol. The highest BCUT2D eigenvalue weighted by molar-refractivity contribution is 5.99. The van der Waals surface area contributed by atoms with E-state index in [0.717, 1.165) is 12.1 Å². The third-order valence-corrected chi connectivity index (χ3v) is 3.43. The molecule has 2 N–H and O–H groups in total. The molecule has 0 spiro atoms. The van der Waals surface area contributed by atoms with Crippen molar-refractivity contribution < 1.29 is 33.0 Å². The number of benzene rings is 2. The SMILES string of the molecule is O=C(NC(CC(=O)c1ccc(F)c(F)c1)C(=O)O)OCc1ccccc1. The first-order valence-electron chi connectivity index (χ1n) is 7.55. The lowest BCUT2D eigenvalue weighted by Crippen LogP contribution is -2.42. The molecule has 8 heteroatoms. The van der Waals surface area contributed by atoms with E-state index in [9.17, 15) is 23.2 Å². The second-order valence-corrected chi connectivity index (χ2v) is 5.35. The summed E-state index contributed by atoms with van der Waals surface area (Å²) in [7, 11) is 0. The number of carboxylic acid groups (broad SMARTS) is 1. The molecule has 0 saturated heterocycles. The number of halogens is 2. The van der Waals surface area contributed by atoms with Crippen LogP contribution in [0.2, 0.25) is 0 Å². The van der Waals surface area contributed by atoms with Crippen LogP contribution in [0.5, 0.6) is 0 Å². The molecule has 0 aliphatic rings. The van der Waals surface area contributed by atoms with Crippen LogP contribution in [0.25, 0.3) is 0 Å². The molecule has 6 nitrogen and oxygen atoms in total. The van der Waals surface area contributed by atoms with Gasteiger partial charge in [-0.15, -0.1) is 0 Å². The zero-order valence-corrected chi connectivity index (χ0v) is 13.4. The van der Waals surface area contributed by atoms with Gasteiger partial charge in [0.05, 0.1) is 0 Å². The Hall–Kier alpha value is -3.29. The Morgan fingerprint density at radius 3 is 2.35 bits per heavy atom. The van der Waals surface area contributed by atoms with Crippen molar-refractivity contribution in [3.63, 3.8) is 0 Å². The third-order valence-electron chi connectivity index (χ3n) is 3.43.